The van der Waals surface area contributed by atoms with Crippen molar-refractivity contribution in [2.24, 2.45) is 5.92 Å². The van der Waals surface area contributed by atoms with Gasteiger partial charge in [-0.25, -0.2) is 0 Å². The summed E-state index contributed by atoms with van der Waals surface area (Å²) in [6.07, 6.45) is 4.64. The quantitative estimate of drug-likeness (QED) is 0.877. The Morgan fingerprint density at radius 1 is 1.38 bits per heavy atom. The molecule has 0 saturated heterocycles. The summed E-state index contributed by atoms with van der Waals surface area (Å²) in [5.74, 6) is 0.692. The molecule has 1 amide bonds. The summed E-state index contributed by atoms with van der Waals surface area (Å²) in [7, 11) is 0. The van der Waals surface area contributed by atoms with Crippen LogP contribution in [-0.2, 0) is 0 Å². The third kappa shape index (κ3) is 2.91. The fraction of sp³-hybridized carbons (Fsp3) is 0.471. The van der Waals surface area contributed by atoms with Gasteiger partial charge in [-0.15, -0.1) is 11.3 Å². The van der Waals surface area contributed by atoms with Gasteiger partial charge in [0.15, 0.2) is 0 Å². The topological polar surface area (TPSA) is 55.1 Å². The number of amides is 1. The first-order chi connectivity index (χ1) is 10.0. The number of thiophene rings is 1. The van der Waals surface area contributed by atoms with Gasteiger partial charge < -0.3 is 11.1 Å². The van der Waals surface area contributed by atoms with E-state index in [1.807, 2.05) is 13.0 Å². The van der Waals surface area contributed by atoms with Crippen LogP contribution in [0, 0.1) is 12.8 Å². The summed E-state index contributed by atoms with van der Waals surface area (Å²) in [6.45, 7) is 4.30. The van der Waals surface area contributed by atoms with Crippen LogP contribution in [0.4, 0.5) is 5.69 Å². The molecule has 0 spiro atoms. The Kier molecular flexibility index (Phi) is 3.89. The van der Waals surface area contributed by atoms with Gasteiger partial charge in [-0.3, -0.25) is 4.79 Å². The highest BCUT2D eigenvalue weighted by Gasteiger charge is 2.23. The van der Waals surface area contributed by atoms with E-state index >= 15 is 0 Å². The van der Waals surface area contributed by atoms with E-state index in [1.54, 1.807) is 0 Å². The number of hydrogen-bond acceptors (Lipinski definition) is 3. The summed E-state index contributed by atoms with van der Waals surface area (Å²) < 4.78 is 1.08. The molecule has 3 rings (SSSR count). The van der Waals surface area contributed by atoms with Gasteiger partial charge in [-0.2, -0.15) is 0 Å². The molecule has 0 aliphatic heterocycles. The molecule has 1 fully saturated rings. The molecule has 1 saturated carbocycles. The van der Waals surface area contributed by atoms with Crippen LogP contribution in [-0.4, -0.2) is 11.9 Å². The van der Waals surface area contributed by atoms with Crippen LogP contribution >= 0.6 is 11.3 Å². The number of nitrogens with one attached hydrogen (secondary N) is 1. The standard InChI is InChI=1S/C17H22N2OS/c1-10-4-3-5-12(8-10)19-17(20)16-15(18)13-9-11(2)6-7-14(13)21-16/h6-7,9-10,12H,3-5,8,18H2,1-2H3,(H,19,20). The molecule has 112 valence electrons. The van der Waals surface area contributed by atoms with Crippen molar-refractivity contribution in [3.63, 3.8) is 0 Å². The number of anilines is 1. The zero-order valence-electron chi connectivity index (χ0n) is 12.6. The largest absolute Gasteiger partial charge is 0.397 e. The molecule has 0 bridgehead atoms. The third-order valence-corrected chi connectivity index (χ3v) is 5.55. The van der Waals surface area contributed by atoms with Gasteiger partial charge in [0.1, 0.15) is 4.88 Å². The van der Waals surface area contributed by atoms with E-state index in [0.29, 0.717) is 22.5 Å². The van der Waals surface area contributed by atoms with Gasteiger partial charge in [0.05, 0.1) is 5.69 Å². The Labute approximate surface area is 129 Å². The van der Waals surface area contributed by atoms with Gasteiger partial charge in [0.2, 0.25) is 0 Å². The van der Waals surface area contributed by atoms with Crippen LogP contribution in [0.3, 0.4) is 0 Å². The molecule has 1 aromatic carbocycles. The Morgan fingerprint density at radius 3 is 2.95 bits per heavy atom. The highest BCUT2D eigenvalue weighted by Crippen LogP contribution is 2.34. The SMILES string of the molecule is Cc1ccc2sc(C(=O)NC3CCCC(C)C3)c(N)c2c1. The monoisotopic (exact) mass is 302 g/mol. The molecule has 21 heavy (non-hydrogen) atoms. The molecule has 4 heteroatoms. The van der Waals surface area contributed by atoms with Gasteiger partial charge >= 0.3 is 0 Å². The lowest BCUT2D eigenvalue weighted by atomic mass is 9.87. The molecule has 3 N–H and O–H groups in total. The van der Waals surface area contributed by atoms with Crippen LogP contribution in [0.25, 0.3) is 10.1 Å². The van der Waals surface area contributed by atoms with Crippen LogP contribution in [0.15, 0.2) is 18.2 Å². The van der Waals surface area contributed by atoms with Crippen molar-refractivity contribution < 1.29 is 4.79 Å². The molecule has 2 aromatic rings. The minimum absolute atomic E-state index is 0.00884. The predicted octanol–water partition coefficient (Wildman–Crippen LogP) is 4.10. The lowest BCUT2D eigenvalue weighted by Gasteiger charge is -2.27. The van der Waals surface area contributed by atoms with Crippen molar-refractivity contribution in [3.05, 3.63) is 28.6 Å². The molecule has 1 aliphatic carbocycles. The van der Waals surface area contributed by atoms with E-state index in [9.17, 15) is 4.79 Å². The number of hydrogen-bond donors (Lipinski definition) is 2. The van der Waals surface area contributed by atoms with Crippen LogP contribution in [0.1, 0.15) is 47.8 Å². The first-order valence-corrected chi connectivity index (χ1v) is 8.45. The minimum atomic E-state index is -0.00884. The molecule has 1 aromatic heterocycles. The minimum Gasteiger partial charge on any atom is -0.397 e. The lowest BCUT2D eigenvalue weighted by Crippen LogP contribution is -2.37. The molecule has 2 unspecified atom stereocenters. The first-order valence-electron chi connectivity index (χ1n) is 7.64. The number of rotatable bonds is 2. The normalized spacial score (nSPS) is 22.4. The van der Waals surface area contributed by atoms with Gasteiger partial charge in [-0.1, -0.05) is 31.4 Å². The predicted molar refractivity (Wildman–Crippen MR) is 89.9 cm³/mol. The lowest BCUT2D eigenvalue weighted by molar-refractivity contribution is 0.0926. The Morgan fingerprint density at radius 2 is 2.19 bits per heavy atom. The van der Waals surface area contributed by atoms with E-state index in [2.05, 4.69) is 24.4 Å². The van der Waals surface area contributed by atoms with Gasteiger partial charge in [0, 0.05) is 16.1 Å². The average molecular weight is 302 g/mol. The van der Waals surface area contributed by atoms with Crippen molar-refractivity contribution in [3.8, 4) is 0 Å². The molecule has 3 nitrogen and oxygen atoms in total. The maximum Gasteiger partial charge on any atom is 0.263 e. The number of fused-ring (bicyclic) bond motifs is 1. The fourth-order valence-electron chi connectivity index (χ4n) is 3.22. The van der Waals surface area contributed by atoms with Crippen LogP contribution < -0.4 is 11.1 Å². The zero-order chi connectivity index (χ0) is 15.0. The summed E-state index contributed by atoms with van der Waals surface area (Å²) in [4.78, 5) is 13.2. The van der Waals surface area contributed by atoms with Crippen molar-refractivity contribution in [2.75, 3.05) is 5.73 Å². The molecule has 1 heterocycles. The van der Waals surface area contributed by atoms with E-state index in [0.717, 1.165) is 22.9 Å². The second-order valence-electron chi connectivity index (χ2n) is 6.29. The number of aryl methyl sites for hydroxylation is 1. The van der Waals surface area contributed by atoms with Crippen molar-refractivity contribution >= 4 is 33.0 Å². The van der Waals surface area contributed by atoms with E-state index in [4.69, 9.17) is 5.73 Å². The maximum atomic E-state index is 12.5. The summed E-state index contributed by atoms with van der Waals surface area (Å²) >= 11 is 1.49. The van der Waals surface area contributed by atoms with E-state index in [-0.39, 0.29) is 5.91 Å². The molecule has 0 radical (unpaired) electrons. The number of nitrogens with two attached hydrogens (primary N) is 1. The molecular formula is C17H22N2OS. The van der Waals surface area contributed by atoms with Crippen LogP contribution in [0.2, 0.25) is 0 Å². The van der Waals surface area contributed by atoms with Gasteiger partial charge in [-0.05, 0) is 37.8 Å². The van der Waals surface area contributed by atoms with E-state index in [1.165, 1.54) is 29.7 Å². The first kappa shape index (κ1) is 14.4. The Hall–Kier alpha value is -1.55. The molecule has 1 aliphatic rings. The Bertz CT molecular complexity index is 677. The second kappa shape index (κ2) is 5.68. The van der Waals surface area contributed by atoms with Crippen molar-refractivity contribution in [2.45, 2.75) is 45.6 Å². The molecule has 2 atom stereocenters. The van der Waals surface area contributed by atoms with Crippen molar-refractivity contribution in [1.29, 1.82) is 0 Å². The number of nitrogen functional groups attached to an aromatic ring is 1. The molecular weight excluding hydrogens is 280 g/mol. The number of carbonyl (C=O) groups is 1. The van der Waals surface area contributed by atoms with Crippen LogP contribution in [0.5, 0.6) is 0 Å². The second-order valence-corrected chi connectivity index (χ2v) is 7.34. The summed E-state index contributed by atoms with van der Waals surface area (Å²) in [5, 5.41) is 4.18. The summed E-state index contributed by atoms with van der Waals surface area (Å²) in [6, 6.07) is 6.46. The maximum absolute atomic E-state index is 12.5. The third-order valence-electron chi connectivity index (χ3n) is 4.36. The fourth-order valence-corrected chi connectivity index (χ4v) is 4.22. The Balaban J connectivity index is 1.82. The highest BCUT2D eigenvalue weighted by atomic mass is 32.1. The van der Waals surface area contributed by atoms with Gasteiger partial charge in [0.25, 0.3) is 5.91 Å². The zero-order valence-corrected chi connectivity index (χ0v) is 13.4. The highest BCUT2D eigenvalue weighted by molar-refractivity contribution is 7.21. The summed E-state index contributed by atoms with van der Waals surface area (Å²) in [5.41, 5.74) is 7.98. The number of carbonyl (C=O) groups excluding carboxylic acids is 1. The van der Waals surface area contributed by atoms with Crippen molar-refractivity contribution in [1.82, 2.24) is 5.32 Å². The number of benzene rings is 1. The average Bonchev–Trinajstić information content (AvgIpc) is 2.76. The van der Waals surface area contributed by atoms with E-state index < -0.39 is 0 Å². The smallest absolute Gasteiger partial charge is 0.263 e.